The molecule has 3 aromatic carbocycles. The van der Waals surface area contributed by atoms with Gasteiger partial charge in [-0.15, -0.1) is 12.4 Å². The van der Waals surface area contributed by atoms with Gasteiger partial charge in [-0.05, 0) is 41.5 Å². The van der Waals surface area contributed by atoms with Gasteiger partial charge in [-0.3, -0.25) is 0 Å². The highest BCUT2D eigenvalue weighted by molar-refractivity contribution is 7.22. The van der Waals surface area contributed by atoms with Crippen LogP contribution in [0.1, 0.15) is 16.7 Å². The van der Waals surface area contributed by atoms with Gasteiger partial charge in [-0.1, -0.05) is 53.8 Å². The van der Waals surface area contributed by atoms with Crippen LogP contribution in [0.3, 0.4) is 0 Å². The van der Waals surface area contributed by atoms with E-state index in [4.69, 9.17) is 10.5 Å². The van der Waals surface area contributed by atoms with Crippen molar-refractivity contribution < 1.29 is 17.9 Å². The minimum absolute atomic E-state index is 0. The fraction of sp³-hybridized carbons (Fsp3) is 0.208. The summed E-state index contributed by atoms with van der Waals surface area (Å²) in [7, 11) is 0. The van der Waals surface area contributed by atoms with E-state index in [0.717, 1.165) is 29.0 Å². The van der Waals surface area contributed by atoms with Gasteiger partial charge in [0.15, 0.2) is 5.13 Å². The normalized spacial score (nSPS) is 11.3. The average molecular weight is 494 g/mol. The largest absolute Gasteiger partial charge is 0.489 e. The molecule has 9 heteroatoms. The number of nitrogens with zero attached hydrogens (tertiary/aromatic N) is 2. The zero-order valence-corrected chi connectivity index (χ0v) is 19.2. The van der Waals surface area contributed by atoms with Gasteiger partial charge < -0.3 is 15.4 Å². The Hall–Kier alpha value is -2.81. The molecule has 0 bridgehead atoms. The molecule has 1 heterocycles. The van der Waals surface area contributed by atoms with Crippen LogP contribution in [0.4, 0.5) is 18.3 Å². The van der Waals surface area contributed by atoms with E-state index in [0.29, 0.717) is 41.6 Å². The van der Waals surface area contributed by atoms with E-state index in [2.05, 4.69) is 4.98 Å². The van der Waals surface area contributed by atoms with Gasteiger partial charge >= 0.3 is 6.18 Å². The molecule has 0 saturated carbocycles. The smallest absolute Gasteiger partial charge is 0.416 e. The Morgan fingerprint density at radius 1 is 0.939 bits per heavy atom. The summed E-state index contributed by atoms with van der Waals surface area (Å²) in [5.41, 5.74) is 7.55. The van der Waals surface area contributed by atoms with Gasteiger partial charge in [0.1, 0.15) is 12.4 Å². The third kappa shape index (κ3) is 6.37. The van der Waals surface area contributed by atoms with Gasteiger partial charge in [0.05, 0.1) is 15.8 Å². The first-order valence-electron chi connectivity index (χ1n) is 10.1. The van der Waals surface area contributed by atoms with Crippen molar-refractivity contribution in [2.24, 2.45) is 5.73 Å². The summed E-state index contributed by atoms with van der Waals surface area (Å²) in [4.78, 5) is 6.43. The quantitative estimate of drug-likeness (QED) is 0.314. The zero-order valence-electron chi connectivity index (χ0n) is 17.6. The van der Waals surface area contributed by atoms with Crippen LogP contribution in [0.2, 0.25) is 0 Å². The number of hydrogen-bond donors (Lipinski definition) is 1. The fourth-order valence-corrected chi connectivity index (χ4v) is 4.25. The highest BCUT2D eigenvalue weighted by atomic mass is 35.5. The Balaban J connectivity index is 0.00000306. The number of rotatable bonds is 8. The van der Waals surface area contributed by atoms with Crippen LogP contribution in [0.25, 0.3) is 10.2 Å². The second-order valence-electron chi connectivity index (χ2n) is 7.31. The first-order valence-corrected chi connectivity index (χ1v) is 10.9. The molecule has 4 rings (SSSR count). The number of hydrogen-bond acceptors (Lipinski definition) is 5. The van der Waals surface area contributed by atoms with Crippen LogP contribution in [0.5, 0.6) is 5.75 Å². The fourth-order valence-electron chi connectivity index (χ4n) is 3.28. The summed E-state index contributed by atoms with van der Waals surface area (Å²) in [5, 5.41) is 0.647. The first-order chi connectivity index (χ1) is 15.4. The number of nitrogens with two attached hydrogens (primary N) is 1. The molecular formula is C24H23ClF3N3OS. The van der Waals surface area contributed by atoms with Crippen molar-refractivity contribution in [1.82, 2.24) is 4.98 Å². The molecule has 1 aromatic heterocycles. The zero-order chi connectivity index (χ0) is 22.6. The minimum Gasteiger partial charge on any atom is -0.489 e. The van der Waals surface area contributed by atoms with Crippen molar-refractivity contribution in [3.8, 4) is 5.75 Å². The molecule has 174 valence electrons. The summed E-state index contributed by atoms with van der Waals surface area (Å²) in [6.07, 6.45) is -4.39. The van der Waals surface area contributed by atoms with Crippen LogP contribution >= 0.6 is 23.7 Å². The van der Waals surface area contributed by atoms with Crippen molar-refractivity contribution in [3.05, 3.63) is 89.5 Å². The molecule has 0 saturated heterocycles. The summed E-state index contributed by atoms with van der Waals surface area (Å²) in [6.45, 7) is 1.98. The maximum Gasteiger partial charge on any atom is 0.416 e. The van der Waals surface area contributed by atoms with Gasteiger partial charge in [-0.25, -0.2) is 4.98 Å². The third-order valence-electron chi connectivity index (χ3n) is 4.92. The Labute approximate surface area is 200 Å². The Morgan fingerprint density at radius 3 is 2.33 bits per heavy atom. The molecule has 0 aliphatic carbocycles. The lowest BCUT2D eigenvalue weighted by Gasteiger charge is -2.21. The maximum absolute atomic E-state index is 13.0. The molecule has 0 amide bonds. The minimum atomic E-state index is -4.39. The molecule has 4 nitrogen and oxygen atoms in total. The van der Waals surface area contributed by atoms with Crippen molar-refractivity contribution >= 4 is 39.1 Å². The topological polar surface area (TPSA) is 51.4 Å². The lowest BCUT2D eigenvalue weighted by molar-refractivity contribution is -0.137. The van der Waals surface area contributed by atoms with Gasteiger partial charge in [0, 0.05) is 19.6 Å². The molecule has 4 aromatic rings. The Bertz CT molecular complexity index is 1170. The van der Waals surface area contributed by atoms with Crippen LogP contribution in [-0.4, -0.2) is 18.1 Å². The molecule has 0 fully saturated rings. The maximum atomic E-state index is 13.0. The van der Waals surface area contributed by atoms with E-state index in [-0.39, 0.29) is 12.4 Å². The SMILES string of the molecule is Cl.NCCN(Cc1ccc(OCc2ccccc2)cc1)c1nc2cc(C(F)(F)F)ccc2s1. The summed E-state index contributed by atoms with van der Waals surface area (Å²) < 4.78 is 45.6. The van der Waals surface area contributed by atoms with Crippen LogP contribution < -0.4 is 15.4 Å². The molecule has 0 spiro atoms. The second-order valence-corrected chi connectivity index (χ2v) is 8.31. The standard InChI is InChI=1S/C24H22F3N3OS.ClH/c25-24(26,27)19-8-11-22-21(14-19)29-23(32-22)30(13-12-28)15-17-6-9-20(10-7-17)31-16-18-4-2-1-3-5-18;/h1-11,14H,12-13,15-16,28H2;1H. The van der Waals surface area contributed by atoms with Crippen LogP contribution in [0.15, 0.2) is 72.8 Å². The van der Waals surface area contributed by atoms with Crippen molar-refractivity contribution in [1.29, 1.82) is 0 Å². The molecular weight excluding hydrogens is 471 g/mol. The molecule has 0 aliphatic rings. The van der Waals surface area contributed by atoms with E-state index < -0.39 is 11.7 Å². The first kappa shape index (κ1) is 24.8. The number of aromatic nitrogens is 1. The molecule has 2 N–H and O–H groups in total. The van der Waals surface area contributed by atoms with Crippen molar-refractivity contribution in [2.45, 2.75) is 19.3 Å². The van der Waals surface area contributed by atoms with Crippen LogP contribution in [-0.2, 0) is 19.3 Å². The molecule has 0 unspecified atom stereocenters. The number of thiazole rings is 1. The van der Waals surface area contributed by atoms with E-state index in [1.165, 1.54) is 17.4 Å². The summed E-state index contributed by atoms with van der Waals surface area (Å²) in [6, 6.07) is 21.3. The number of ether oxygens (including phenoxy) is 1. The van der Waals surface area contributed by atoms with Gasteiger partial charge in [-0.2, -0.15) is 13.2 Å². The predicted octanol–water partition coefficient (Wildman–Crippen LogP) is 6.28. The summed E-state index contributed by atoms with van der Waals surface area (Å²) in [5.74, 6) is 0.766. The number of benzene rings is 3. The Morgan fingerprint density at radius 2 is 1.67 bits per heavy atom. The van der Waals surface area contributed by atoms with Crippen molar-refractivity contribution in [2.75, 3.05) is 18.0 Å². The van der Waals surface area contributed by atoms with Crippen molar-refractivity contribution in [3.63, 3.8) is 0 Å². The second kappa shape index (κ2) is 10.9. The summed E-state index contributed by atoms with van der Waals surface area (Å²) >= 11 is 1.36. The van der Waals surface area contributed by atoms with E-state index in [1.807, 2.05) is 59.5 Å². The lowest BCUT2D eigenvalue weighted by Crippen LogP contribution is -2.28. The Kier molecular flexibility index (Phi) is 8.18. The lowest BCUT2D eigenvalue weighted by atomic mass is 10.2. The third-order valence-corrected chi connectivity index (χ3v) is 6.02. The molecule has 33 heavy (non-hydrogen) atoms. The van der Waals surface area contributed by atoms with Gasteiger partial charge in [0.25, 0.3) is 0 Å². The van der Waals surface area contributed by atoms with E-state index in [9.17, 15) is 13.2 Å². The highest BCUT2D eigenvalue weighted by Crippen LogP contribution is 2.35. The van der Waals surface area contributed by atoms with E-state index in [1.54, 1.807) is 0 Å². The monoisotopic (exact) mass is 493 g/mol. The van der Waals surface area contributed by atoms with E-state index >= 15 is 0 Å². The number of alkyl halides is 3. The van der Waals surface area contributed by atoms with Crippen LogP contribution in [0, 0.1) is 0 Å². The number of anilines is 1. The molecule has 0 aliphatic heterocycles. The highest BCUT2D eigenvalue weighted by Gasteiger charge is 2.31. The number of fused-ring (bicyclic) bond motifs is 1. The van der Waals surface area contributed by atoms with Gasteiger partial charge in [0.2, 0.25) is 0 Å². The molecule has 0 atom stereocenters. The predicted molar refractivity (Wildman–Crippen MR) is 129 cm³/mol. The molecule has 0 radical (unpaired) electrons. The average Bonchev–Trinajstić information content (AvgIpc) is 3.22. The number of halogens is 4.